The molecule has 0 aromatic carbocycles. The van der Waals surface area contributed by atoms with Crippen LogP contribution in [0.2, 0.25) is 0 Å². The molecule has 0 radical (unpaired) electrons. The van der Waals surface area contributed by atoms with Crippen molar-refractivity contribution in [1.29, 1.82) is 0 Å². The van der Waals surface area contributed by atoms with E-state index in [9.17, 15) is 14.4 Å². The number of esters is 3. The molecule has 0 amide bonds. The van der Waals surface area contributed by atoms with Crippen molar-refractivity contribution in [2.45, 2.75) is 65.7 Å². The molecule has 0 N–H and O–H groups in total. The highest BCUT2D eigenvalue weighted by molar-refractivity contribution is 6.00. The van der Waals surface area contributed by atoms with Crippen molar-refractivity contribution in [3.63, 3.8) is 0 Å². The summed E-state index contributed by atoms with van der Waals surface area (Å²) in [4.78, 5) is 36.6. The minimum absolute atomic E-state index is 0.00283. The van der Waals surface area contributed by atoms with Gasteiger partial charge in [-0.2, -0.15) is 0 Å². The van der Waals surface area contributed by atoms with Crippen molar-refractivity contribution in [3.8, 4) is 11.8 Å². The molecule has 0 atom stereocenters. The van der Waals surface area contributed by atoms with Gasteiger partial charge in [-0.3, -0.25) is 14.4 Å². The first kappa shape index (κ1) is 24.5. The van der Waals surface area contributed by atoms with Gasteiger partial charge in [0, 0.05) is 18.9 Å². The Balaban J connectivity index is 3.17. The number of hydrogen-bond donors (Lipinski definition) is 0. The molecule has 6 heteroatoms. The second-order valence-corrected chi connectivity index (χ2v) is 6.90. The monoisotopic (exact) mass is 404 g/mol. The van der Waals surface area contributed by atoms with Gasteiger partial charge in [0.25, 0.3) is 0 Å². The van der Waals surface area contributed by atoms with Gasteiger partial charge in [-0.1, -0.05) is 17.9 Å². The average Bonchev–Trinajstić information content (AvgIpc) is 2.70. The zero-order valence-corrected chi connectivity index (χ0v) is 17.8. The lowest BCUT2D eigenvalue weighted by atomic mass is 9.79. The Hall–Kier alpha value is -2.55. The van der Waals surface area contributed by atoms with E-state index < -0.39 is 17.4 Å². The molecule has 160 valence electrons. The summed E-state index contributed by atoms with van der Waals surface area (Å²) in [6, 6.07) is 0. The van der Waals surface area contributed by atoms with Crippen LogP contribution >= 0.6 is 0 Å². The molecule has 0 saturated carbocycles. The SMILES string of the molecule is C=CCCC(CC#CC1=C(COC(C)=O)CCCC1)(C(=O)OCC)C(=O)OCC. The minimum atomic E-state index is -1.47. The van der Waals surface area contributed by atoms with Crippen LogP contribution in [-0.2, 0) is 28.6 Å². The van der Waals surface area contributed by atoms with Crippen LogP contribution in [-0.4, -0.2) is 37.7 Å². The van der Waals surface area contributed by atoms with Crippen LogP contribution in [0.25, 0.3) is 0 Å². The fourth-order valence-electron chi connectivity index (χ4n) is 3.18. The summed E-state index contributed by atoms with van der Waals surface area (Å²) in [6.07, 6.45) is 5.99. The van der Waals surface area contributed by atoms with Gasteiger partial charge in [0.1, 0.15) is 6.61 Å². The maximum Gasteiger partial charge on any atom is 0.324 e. The van der Waals surface area contributed by atoms with E-state index in [-0.39, 0.29) is 38.6 Å². The van der Waals surface area contributed by atoms with E-state index in [4.69, 9.17) is 14.2 Å². The smallest absolute Gasteiger partial charge is 0.324 e. The molecule has 1 rings (SSSR count). The van der Waals surface area contributed by atoms with E-state index in [1.54, 1.807) is 19.9 Å². The molecule has 0 saturated heterocycles. The minimum Gasteiger partial charge on any atom is -0.465 e. The summed E-state index contributed by atoms with van der Waals surface area (Å²) < 4.78 is 15.5. The molecule has 0 aromatic rings. The van der Waals surface area contributed by atoms with Gasteiger partial charge < -0.3 is 14.2 Å². The maximum absolute atomic E-state index is 12.7. The standard InChI is InChI=1S/C23H32O6/c1-5-8-15-23(21(25)27-6-2,22(26)28-7-3)16-11-14-19-12-9-10-13-20(19)17-29-18(4)24/h5H,1,6-10,12-13,15-17H2,2-4H3. The number of allylic oxidation sites excluding steroid dienone is 2. The first-order chi connectivity index (χ1) is 13.9. The Kier molecular flexibility index (Phi) is 10.8. The summed E-state index contributed by atoms with van der Waals surface area (Å²) in [6.45, 7) is 9.02. The van der Waals surface area contributed by atoms with Gasteiger partial charge in [-0.05, 0) is 57.9 Å². The first-order valence-corrected chi connectivity index (χ1v) is 10.2. The first-order valence-electron chi connectivity index (χ1n) is 10.2. The van der Waals surface area contributed by atoms with Gasteiger partial charge in [0.15, 0.2) is 5.41 Å². The number of carbonyl (C=O) groups is 3. The zero-order valence-electron chi connectivity index (χ0n) is 17.8. The van der Waals surface area contributed by atoms with E-state index in [0.717, 1.165) is 36.8 Å². The molecule has 0 bridgehead atoms. The molecular weight excluding hydrogens is 372 g/mol. The van der Waals surface area contributed by atoms with Crippen molar-refractivity contribution in [3.05, 3.63) is 23.8 Å². The van der Waals surface area contributed by atoms with Gasteiger partial charge in [-0.25, -0.2) is 0 Å². The fraction of sp³-hybridized carbons (Fsp3) is 0.609. The number of hydrogen-bond acceptors (Lipinski definition) is 6. The zero-order chi connectivity index (χ0) is 21.7. The lowest BCUT2D eigenvalue weighted by Crippen LogP contribution is -2.42. The Morgan fingerprint density at radius 3 is 2.24 bits per heavy atom. The van der Waals surface area contributed by atoms with Crippen molar-refractivity contribution < 1.29 is 28.6 Å². The molecule has 1 aliphatic carbocycles. The third kappa shape index (κ3) is 7.41. The molecular formula is C23H32O6. The summed E-state index contributed by atoms with van der Waals surface area (Å²) in [5, 5.41) is 0. The van der Waals surface area contributed by atoms with Crippen LogP contribution in [0.15, 0.2) is 23.8 Å². The fourth-order valence-corrected chi connectivity index (χ4v) is 3.18. The molecule has 1 aliphatic rings. The predicted octanol–water partition coefficient (Wildman–Crippen LogP) is 3.89. The van der Waals surface area contributed by atoms with E-state index >= 15 is 0 Å². The summed E-state index contributed by atoms with van der Waals surface area (Å²) >= 11 is 0. The van der Waals surface area contributed by atoms with Crippen LogP contribution in [0.4, 0.5) is 0 Å². The van der Waals surface area contributed by atoms with Gasteiger partial charge in [0.2, 0.25) is 0 Å². The number of carbonyl (C=O) groups excluding carboxylic acids is 3. The van der Waals surface area contributed by atoms with Gasteiger partial charge >= 0.3 is 17.9 Å². The van der Waals surface area contributed by atoms with Crippen LogP contribution in [0.1, 0.15) is 65.7 Å². The third-order valence-corrected chi connectivity index (χ3v) is 4.77. The summed E-state index contributed by atoms with van der Waals surface area (Å²) in [5.74, 6) is 4.57. The molecule has 0 spiro atoms. The molecule has 0 fully saturated rings. The Bertz CT molecular complexity index is 674. The van der Waals surface area contributed by atoms with Gasteiger partial charge in [-0.15, -0.1) is 6.58 Å². The van der Waals surface area contributed by atoms with Crippen LogP contribution < -0.4 is 0 Å². The highest BCUT2D eigenvalue weighted by Crippen LogP contribution is 2.33. The quantitative estimate of drug-likeness (QED) is 0.181. The lowest BCUT2D eigenvalue weighted by molar-refractivity contribution is -0.172. The third-order valence-electron chi connectivity index (χ3n) is 4.77. The molecule has 6 nitrogen and oxygen atoms in total. The number of ether oxygens (including phenoxy) is 3. The van der Waals surface area contributed by atoms with Crippen LogP contribution in [0, 0.1) is 17.3 Å². The highest BCUT2D eigenvalue weighted by Gasteiger charge is 2.47. The highest BCUT2D eigenvalue weighted by atomic mass is 16.6. The molecule has 0 unspecified atom stereocenters. The van der Waals surface area contributed by atoms with E-state index in [2.05, 4.69) is 18.4 Å². The number of rotatable bonds is 10. The second kappa shape index (κ2) is 12.8. The summed E-state index contributed by atoms with van der Waals surface area (Å²) in [7, 11) is 0. The van der Waals surface area contributed by atoms with Crippen molar-refractivity contribution in [1.82, 2.24) is 0 Å². The van der Waals surface area contributed by atoms with Crippen molar-refractivity contribution in [2.24, 2.45) is 5.41 Å². The Morgan fingerprint density at radius 2 is 1.69 bits per heavy atom. The van der Waals surface area contributed by atoms with Crippen molar-refractivity contribution in [2.75, 3.05) is 19.8 Å². The lowest BCUT2D eigenvalue weighted by Gasteiger charge is -2.27. The van der Waals surface area contributed by atoms with E-state index in [1.807, 2.05) is 0 Å². The molecule has 0 aliphatic heterocycles. The molecule has 29 heavy (non-hydrogen) atoms. The van der Waals surface area contributed by atoms with E-state index in [1.165, 1.54) is 6.92 Å². The topological polar surface area (TPSA) is 78.9 Å². The van der Waals surface area contributed by atoms with Crippen molar-refractivity contribution >= 4 is 17.9 Å². The Morgan fingerprint density at radius 1 is 1.07 bits per heavy atom. The second-order valence-electron chi connectivity index (χ2n) is 6.90. The molecule has 0 aromatic heterocycles. The van der Waals surface area contributed by atoms with E-state index in [0.29, 0.717) is 6.42 Å². The average molecular weight is 405 g/mol. The maximum atomic E-state index is 12.7. The predicted molar refractivity (Wildman–Crippen MR) is 110 cm³/mol. The normalized spacial score (nSPS) is 13.8. The van der Waals surface area contributed by atoms with Gasteiger partial charge in [0.05, 0.1) is 13.2 Å². The largest absolute Gasteiger partial charge is 0.465 e. The Labute approximate surface area is 173 Å². The van der Waals surface area contributed by atoms with Crippen LogP contribution in [0.3, 0.4) is 0 Å². The van der Waals surface area contributed by atoms with Crippen LogP contribution in [0.5, 0.6) is 0 Å². The molecule has 0 heterocycles. The summed E-state index contributed by atoms with van der Waals surface area (Å²) in [5.41, 5.74) is 0.448.